The number of methoxy groups -OCH3 is 1. The molecule has 156 valence electrons. The number of hydrogen-bond acceptors (Lipinski definition) is 6. The molecule has 0 aliphatic heterocycles. The maximum absolute atomic E-state index is 12.9. The first-order chi connectivity index (χ1) is 14.0. The lowest BCUT2D eigenvalue weighted by atomic mass is 10.1. The number of fused-ring (bicyclic) bond motifs is 1. The summed E-state index contributed by atoms with van der Waals surface area (Å²) in [6, 6.07) is 7.18. The van der Waals surface area contributed by atoms with Crippen molar-refractivity contribution in [2.24, 2.45) is 0 Å². The minimum Gasteiger partial charge on any atom is -0.468 e. The molecule has 0 spiro atoms. The maximum atomic E-state index is 12.9. The Labute approximate surface area is 174 Å². The van der Waals surface area contributed by atoms with E-state index in [1.54, 1.807) is 31.2 Å². The summed E-state index contributed by atoms with van der Waals surface area (Å²) in [4.78, 5) is 42.0. The van der Waals surface area contributed by atoms with Crippen LogP contribution in [0.15, 0.2) is 34.2 Å². The fourth-order valence-corrected chi connectivity index (χ4v) is 4.44. The van der Waals surface area contributed by atoms with Crippen LogP contribution in [0.25, 0.3) is 10.9 Å². The molecule has 1 atom stereocenters. The zero-order valence-corrected chi connectivity index (χ0v) is 17.7. The number of thioether (sulfide) groups is 1. The van der Waals surface area contributed by atoms with Crippen LogP contribution in [0.4, 0.5) is 0 Å². The van der Waals surface area contributed by atoms with Crippen LogP contribution in [0, 0.1) is 0 Å². The van der Waals surface area contributed by atoms with Gasteiger partial charge in [-0.05, 0) is 31.9 Å². The van der Waals surface area contributed by atoms with Gasteiger partial charge >= 0.3 is 5.97 Å². The van der Waals surface area contributed by atoms with Gasteiger partial charge in [-0.1, -0.05) is 49.6 Å². The highest BCUT2D eigenvalue weighted by atomic mass is 32.2. The predicted molar refractivity (Wildman–Crippen MR) is 113 cm³/mol. The third-order valence-corrected chi connectivity index (χ3v) is 6.28. The number of ether oxygens (including phenoxy) is 1. The topological polar surface area (TPSA) is 90.3 Å². The van der Waals surface area contributed by atoms with Gasteiger partial charge in [-0.2, -0.15) is 0 Å². The molecule has 3 rings (SSSR count). The smallest absolute Gasteiger partial charge is 0.325 e. The first-order valence-electron chi connectivity index (χ1n) is 10.0. The standard InChI is InChI=1S/C21H27N3O4S/c1-14(19(26)22-15-9-5-3-4-6-10-15)29-21-23-17-12-8-7-11-16(17)20(27)24(21)13-18(25)28-2/h7-8,11-12,14-15H,3-6,9-10,13H2,1-2H3,(H,22,26)/t14-/m0/s1. The average Bonchev–Trinajstić information content (AvgIpc) is 2.99. The molecule has 0 bridgehead atoms. The number of hydrogen-bond donors (Lipinski definition) is 1. The summed E-state index contributed by atoms with van der Waals surface area (Å²) >= 11 is 1.19. The molecule has 1 aromatic heterocycles. The van der Waals surface area contributed by atoms with Gasteiger partial charge in [0, 0.05) is 6.04 Å². The molecule has 1 aliphatic carbocycles. The van der Waals surface area contributed by atoms with Crippen LogP contribution >= 0.6 is 11.8 Å². The van der Waals surface area contributed by atoms with Gasteiger partial charge in [0.05, 0.1) is 23.3 Å². The number of rotatable bonds is 6. The minimum atomic E-state index is -0.540. The lowest BCUT2D eigenvalue weighted by Gasteiger charge is -2.20. The second-order valence-corrected chi connectivity index (χ2v) is 8.64. The molecule has 8 heteroatoms. The van der Waals surface area contributed by atoms with Crippen LogP contribution in [0.3, 0.4) is 0 Å². The Kier molecular flexibility index (Phi) is 7.30. The highest BCUT2D eigenvalue weighted by Crippen LogP contribution is 2.24. The van der Waals surface area contributed by atoms with Crippen molar-refractivity contribution in [3.8, 4) is 0 Å². The van der Waals surface area contributed by atoms with E-state index in [0.29, 0.717) is 16.1 Å². The second kappa shape index (κ2) is 9.91. The van der Waals surface area contributed by atoms with Crippen LogP contribution in [0.5, 0.6) is 0 Å². The van der Waals surface area contributed by atoms with Crippen molar-refractivity contribution in [1.82, 2.24) is 14.9 Å². The quantitative estimate of drug-likeness (QED) is 0.336. The normalized spacial score (nSPS) is 16.2. The van der Waals surface area contributed by atoms with Crippen LogP contribution < -0.4 is 10.9 Å². The van der Waals surface area contributed by atoms with Crippen molar-refractivity contribution in [2.75, 3.05) is 7.11 Å². The summed E-state index contributed by atoms with van der Waals surface area (Å²) in [7, 11) is 1.28. The molecule has 2 aromatic rings. The van der Waals surface area contributed by atoms with Crippen molar-refractivity contribution >= 4 is 34.5 Å². The van der Waals surface area contributed by atoms with Crippen molar-refractivity contribution in [1.29, 1.82) is 0 Å². The molecule has 1 N–H and O–H groups in total. The molecular weight excluding hydrogens is 390 g/mol. The fourth-order valence-electron chi connectivity index (χ4n) is 3.52. The highest BCUT2D eigenvalue weighted by molar-refractivity contribution is 8.00. The number of benzene rings is 1. The maximum Gasteiger partial charge on any atom is 0.325 e. The first kappa shape index (κ1) is 21.4. The van der Waals surface area contributed by atoms with E-state index in [0.717, 1.165) is 25.7 Å². The summed E-state index contributed by atoms with van der Waals surface area (Å²) in [5, 5.41) is 3.45. The van der Waals surface area contributed by atoms with Gasteiger partial charge in [0.15, 0.2) is 5.16 Å². The Balaban J connectivity index is 1.83. The van der Waals surface area contributed by atoms with Gasteiger partial charge in [-0.3, -0.25) is 19.0 Å². The minimum absolute atomic E-state index is 0.0751. The molecule has 7 nitrogen and oxygen atoms in total. The molecule has 0 radical (unpaired) electrons. The molecule has 1 saturated carbocycles. The van der Waals surface area contributed by atoms with Crippen LogP contribution in [-0.2, 0) is 20.9 Å². The Morgan fingerprint density at radius 2 is 1.93 bits per heavy atom. The summed E-state index contributed by atoms with van der Waals surface area (Å²) in [5.41, 5.74) is 0.220. The Bertz CT molecular complexity index is 935. The van der Waals surface area contributed by atoms with Gasteiger partial charge in [0.25, 0.3) is 5.56 Å². The van der Waals surface area contributed by atoms with Gasteiger partial charge in [-0.15, -0.1) is 0 Å². The third kappa shape index (κ3) is 5.38. The number of carbonyl (C=O) groups is 2. The van der Waals surface area contributed by atoms with E-state index in [2.05, 4.69) is 10.3 Å². The lowest BCUT2D eigenvalue weighted by molar-refractivity contribution is -0.141. The third-order valence-electron chi connectivity index (χ3n) is 5.19. The summed E-state index contributed by atoms with van der Waals surface area (Å²) in [5.74, 6) is -0.615. The monoisotopic (exact) mass is 417 g/mol. The van der Waals surface area contributed by atoms with Gasteiger partial charge in [-0.25, -0.2) is 4.98 Å². The predicted octanol–water partition coefficient (Wildman–Crippen LogP) is 2.89. The number of aromatic nitrogens is 2. The van der Waals surface area contributed by atoms with E-state index in [-0.39, 0.29) is 24.1 Å². The fraction of sp³-hybridized carbons (Fsp3) is 0.524. The molecular formula is C21H27N3O4S. The second-order valence-electron chi connectivity index (χ2n) is 7.34. The van der Waals surface area contributed by atoms with Gasteiger partial charge < -0.3 is 10.1 Å². The molecule has 0 unspecified atom stereocenters. The summed E-state index contributed by atoms with van der Waals surface area (Å²) < 4.78 is 6.01. The van der Waals surface area contributed by atoms with E-state index < -0.39 is 11.2 Å². The zero-order valence-electron chi connectivity index (χ0n) is 16.8. The summed E-state index contributed by atoms with van der Waals surface area (Å²) in [6.07, 6.45) is 6.72. The van der Waals surface area contributed by atoms with E-state index >= 15 is 0 Å². The van der Waals surface area contributed by atoms with Crippen LogP contribution in [-0.4, -0.2) is 39.8 Å². The SMILES string of the molecule is COC(=O)Cn1c(S[C@@H](C)C(=O)NC2CCCCCC2)nc2ccccc2c1=O. The van der Waals surface area contributed by atoms with Gasteiger partial charge in [0.1, 0.15) is 6.54 Å². The number of nitrogens with one attached hydrogen (secondary N) is 1. The molecule has 1 fully saturated rings. The number of esters is 1. The molecule has 1 aliphatic rings. The largest absolute Gasteiger partial charge is 0.468 e. The van der Waals surface area contributed by atoms with E-state index in [1.807, 2.05) is 0 Å². The molecule has 1 heterocycles. The van der Waals surface area contributed by atoms with E-state index in [1.165, 1.54) is 36.3 Å². The van der Waals surface area contributed by atoms with Crippen LogP contribution in [0.2, 0.25) is 0 Å². The van der Waals surface area contributed by atoms with E-state index in [4.69, 9.17) is 4.74 Å². The zero-order chi connectivity index (χ0) is 20.8. The van der Waals surface area contributed by atoms with Crippen molar-refractivity contribution in [3.05, 3.63) is 34.6 Å². The van der Waals surface area contributed by atoms with Crippen molar-refractivity contribution < 1.29 is 14.3 Å². The number of para-hydroxylation sites is 1. The molecule has 1 amide bonds. The molecule has 29 heavy (non-hydrogen) atoms. The highest BCUT2D eigenvalue weighted by Gasteiger charge is 2.23. The average molecular weight is 418 g/mol. The molecule has 1 aromatic carbocycles. The Morgan fingerprint density at radius 1 is 1.24 bits per heavy atom. The Morgan fingerprint density at radius 3 is 2.62 bits per heavy atom. The first-order valence-corrected chi connectivity index (χ1v) is 10.9. The van der Waals surface area contributed by atoms with Crippen molar-refractivity contribution in [2.45, 2.75) is 68.4 Å². The molecule has 0 saturated heterocycles. The Hall–Kier alpha value is -2.35. The lowest BCUT2D eigenvalue weighted by Crippen LogP contribution is -2.39. The van der Waals surface area contributed by atoms with Crippen LogP contribution in [0.1, 0.15) is 45.4 Å². The number of carbonyl (C=O) groups excluding carboxylic acids is 2. The van der Waals surface area contributed by atoms with Gasteiger partial charge in [0.2, 0.25) is 5.91 Å². The van der Waals surface area contributed by atoms with E-state index in [9.17, 15) is 14.4 Å². The number of nitrogens with zero attached hydrogens (tertiary/aromatic N) is 2. The van der Waals surface area contributed by atoms with Crippen molar-refractivity contribution in [3.63, 3.8) is 0 Å². The summed E-state index contributed by atoms with van der Waals surface area (Å²) in [6.45, 7) is 1.55. The number of amides is 1.